The van der Waals surface area contributed by atoms with E-state index in [2.05, 4.69) is 35.6 Å². The number of fused-ring (bicyclic) bond motifs is 2. The molecule has 0 radical (unpaired) electrons. The molecule has 0 bridgehead atoms. The van der Waals surface area contributed by atoms with Gasteiger partial charge in [0.2, 0.25) is 11.8 Å². The molecule has 0 unspecified atom stereocenters. The largest absolute Gasteiger partial charge is 0.497 e. The maximum Gasteiger partial charge on any atom is 0.232 e. The number of nitrogens with zero attached hydrogens (tertiary/aromatic N) is 1. The Bertz CT molecular complexity index is 1310. The van der Waals surface area contributed by atoms with Crippen molar-refractivity contribution in [2.24, 2.45) is 0 Å². The van der Waals surface area contributed by atoms with Gasteiger partial charge in [-0.3, -0.25) is 9.59 Å². The summed E-state index contributed by atoms with van der Waals surface area (Å²) in [4.78, 5) is 29.0. The van der Waals surface area contributed by atoms with Crippen LogP contribution in [0.3, 0.4) is 0 Å². The quantitative estimate of drug-likeness (QED) is 0.479. The molecule has 2 heterocycles. The van der Waals surface area contributed by atoms with E-state index in [1.54, 1.807) is 36.9 Å². The second kappa shape index (κ2) is 10.1. The number of hydrogen-bond acceptors (Lipinski definition) is 6. The van der Waals surface area contributed by atoms with Crippen molar-refractivity contribution in [3.05, 3.63) is 65.7 Å². The Morgan fingerprint density at radius 1 is 1.08 bits per heavy atom. The third-order valence-corrected chi connectivity index (χ3v) is 7.43. The number of benzene rings is 3. The molecule has 0 spiro atoms. The zero-order valence-corrected chi connectivity index (χ0v) is 21.3. The van der Waals surface area contributed by atoms with Crippen molar-refractivity contribution in [3.63, 3.8) is 0 Å². The van der Waals surface area contributed by atoms with Crippen molar-refractivity contribution in [2.45, 2.75) is 23.8 Å². The van der Waals surface area contributed by atoms with E-state index in [1.165, 1.54) is 4.90 Å². The molecule has 5 rings (SSSR count). The lowest BCUT2D eigenvalue weighted by Crippen LogP contribution is -2.34. The SMILES string of the molecule is COc1ccc2c(c1)NC(=O)[C@@H]2CC(=O)N1CCOc2c(cc(-c3ccc(SC)cc3)cc2OC)C1. The Hall–Kier alpha value is -3.65. The van der Waals surface area contributed by atoms with Gasteiger partial charge in [-0.15, -0.1) is 11.8 Å². The first-order valence-corrected chi connectivity index (χ1v) is 13.0. The van der Waals surface area contributed by atoms with Gasteiger partial charge in [0.05, 0.1) is 26.7 Å². The van der Waals surface area contributed by atoms with Crippen molar-refractivity contribution < 1.29 is 23.8 Å². The zero-order valence-electron chi connectivity index (χ0n) is 20.5. The lowest BCUT2D eigenvalue weighted by molar-refractivity contribution is -0.134. The predicted octanol–water partition coefficient (Wildman–Crippen LogP) is 4.94. The summed E-state index contributed by atoms with van der Waals surface area (Å²) in [6.45, 7) is 1.16. The van der Waals surface area contributed by atoms with E-state index in [0.717, 1.165) is 22.3 Å². The normalized spacial score (nSPS) is 16.4. The van der Waals surface area contributed by atoms with E-state index >= 15 is 0 Å². The highest BCUT2D eigenvalue weighted by Crippen LogP contribution is 2.40. The van der Waals surface area contributed by atoms with Crippen LogP contribution < -0.4 is 19.5 Å². The first kappa shape index (κ1) is 24.1. The molecule has 3 aromatic carbocycles. The van der Waals surface area contributed by atoms with E-state index in [4.69, 9.17) is 14.2 Å². The van der Waals surface area contributed by atoms with E-state index < -0.39 is 5.92 Å². The van der Waals surface area contributed by atoms with Gasteiger partial charge in [-0.05, 0) is 53.3 Å². The highest BCUT2D eigenvalue weighted by atomic mass is 32.2. The standard InChI is InChI=1S/C28H28N2O5S/c1-33-20-6-9-22-23(28(32)29-24(22)14-20)15-26(31)30-10-11-35-27-19(16-30)12-18(13-25(27)34-2)17-4-7-21(36-3)8-5-17/h4-9,12-14,23H,10-11,15-16H2,1-3H3,(H,29,32)/t23-/m1/s1. The number of ether oxygens (including phenoxy) is 3. The van der Waals surface area contributed by atoms with E-state index in [-0.39, 0.29) is 18.2 Å². The summed E-state index contributed by atoms with van der Waals surface area (Å²) >= 11 is 1.70. The van der Waals surface area contributed by atoms with E-state index in [0.29, 0.717) is 42.6 Å². The van der Waals surface area contributed by atoms with Crippen LogP contribution in [0, 0.1) is 0 Å². The highest BCUT2D eigenvalue weighted by Gasteiger charge is 2.34. The summed E-state index contributed by atoms with van der Waals surface area (Å²) in [7, 11) is 3.21. The molecule has 1 atom stereocenters. The van der Waals surface area contributed by atoms with E-state index in [1.807, 2.05) is 24.5 Å². The predicted molar refractivity (Wildman–Crippen MR) is 140 cm³/mol. The van der Waals surface area contributed by atoms with Crippen molar-refractivity contribution in [3.8, 4) is 28.4 Å². The van der Waals surface area contributed by atoms with Crippen molar-refractivity contribution in [2.75, 3.05) is 38.9 Å². The fourth-order valence-electron chi connectivity index (χ4n) is 4.74. The van der Waals surface area contributed by atoms with Gasteiger partial charge < -0.3 is 24.4 Å². The van der Waals surface area contributed by atoms with Gasteiger partial charge in [0, 0.05) is 35.2 Å². The van der Waals surface area contributed by atoms with E-state index in [9.17, 15) is 9.59 Å². The smallest absolute Gasteiger partial charge is 0.232 e. The molecule has 3 aromatic rings. The van der Waals surface area contributed by atoms with Crippen LogP contribution >= 0.6 is 11.8 Å². The topological polar surface area (TPSA) is 77.1 Å². The summed E-state index contributed by atoms with van der Waals surface area (Å²) in [5.74, 6) is 1.17. The third-order valence-electron chi connectivity index (χ3n) is 6.69. The number of amides is 2. The van der Waals surface area contributed by atoms with Crippen LogP contribution in [0.25, 0.3) is 11.1 Å². The fourth-order valence-corrected chi connectivity index (χ4v) is 5.15. The number of hydrogen-bond donors (Lipinski definition) is 1. The number of rotatable bonds is 6. The Morgan fingerprint density at radius 2 is 1.89 bits per heavy atom. The lowest BCUT2D eigenvalue weighted by atomic mass is 9.96. The highest BCUT2D eigenvalue weighted by molar-refractivity contribution is 7.98. The van der Waals surface area contributed by atoms with Crippen LogP contribution in [0.5, 0.6) is 17.2 Å². The third kappa shape index (κ3) is 4.60. The minimum atomic E-state index is -0.530. The van der Waals surface area contributed by atoms with Gasteiger partial charge in [-0.25, -0.2) is 0 Å². The van der Waals surface area contributed by atoms with Gasteiger partial charge in [0.25, 0.3) is 0 Å². The summed E-state index contributed by atoms with van der Waals surface area (Å²) in [5, 5.41) is 2.87. The Balaban J connectivity index is 1.39. The average molecular weight is 505 g/mol. The van der Waals surface area contributed by atoms with Gasteiger partial charge in [0.1, 0.15) is 12.4 Å². The molecule has 7 nitrogen and oxygen atoms in total. The second-order valence-electron chi connectivity index (χ2n) is 8.76. The number of carbonyl (C=O) groups is 2. The molecule has 186 valence electrons. The average Bonchev–Trinajstić information content (AvgIpc) is 3.06. The Labute approximate surface area is 214 Å². The summed E-state index contributed by atoms with van der Waals surface area (Å²) < 4.78 is 16.9. The van der Waals surface area contributed by atoms with Gasteiger partial charge in [-0.1, -0.05) is 18.2 Å². The minimum absolute atomic E-state index is 0.0907. The number of anilines is 1. The van der Waals surface area contributed by atoms with Gasteiger partial charge in [0.15, 0.2) is 11.5 Å². The molecule has 0 fully saturated rings. The molecular formula is C28H28N2O5S. The van der Waals surface area contributed by atoms with Crippen LogP contribution in [0.1, 0.15) is 23.5 Å². The second-order valence-corrected chi connectivity index (χ2v) is 9.64. The summed E-state index contributed by atoms with van der Waals surface area (Å²) in [5.41, 5.74) is 4.45. The molecule has 2 aliphatic heterocycles. The molecule has 36 heavy (non-hydrogen) atoms. The monoisotopic (exact) mass is 504 g/mol. The lowest BCUT2D eigenvalue weighted by Gasteiger charge is -2.22. The maximum absolute atomic E-state index is 13.4. The van der Waals surface area contributed by atoms with Crippen LogP contribution in [0.4, 0.5) is 5.69 Å². The minimum Gasteiger partial charge on any atom is -0.497 e. The Morgan fingerprint density at radius 3 is 2.61 bits per heavy atom. The number of carbonyl (C=O) groups excluding carboxylic acids is 2. The first-order valence-electron chi connectivity index (χ1n) is 11.8. The number of methoxy groups -OCH3 is 2. The van der Waals surface area contributed by atoms with Gasteiger partial charge in [-0.2, -0.15) is 0 Å². The molecule has 0 saturated carbocycles. The molecule has 0 aliphatic carbocycles. The molecule has 0 saturated heterocycles. The van der Waals surface area contributed by atoms with Crippen molar-refractivity contribution in [1.29, 1.82) is 0 Å². The molecule has 1 N–H and O–H groups in total. The summed E-state index contributed by atoms with van der Waals surface area (Å²) in [6.07, 6.45) is 2.14. The number of thioether (sulfide) groups is 1. The zero-order chi connectivity index (χ0) is 25.2. The van der Waals surface area contributed by atoms with Crippen LogP contribution in [0.15, 0.2) is 59.5 Å². The van der Waals surface area contributed by atoms with Crippen LogP contribution in [-0.2, 0) is 16.1 Å². The molecule has 0 aromatic heterocycles. The molecule has 8 heteroatoms. The van der Waals surface area contributed by atoms with Gasteiger partial charge >= 0.3 is 0 Å². The molecule has 2 aliphatic rings. The molecular weight excluding hydrogens is 476 g/mol. The fraction of sp³-hybridized carbons (Fsp3) is 0.286. The summed E-state index contributed by atoms with van der Waals surface area (Å²) in [6, 6.07) is 17.8. The van der Waals surface area contributed by atoms with Crippen LogP contribution in [-0.4, -0.2) is 50.3 Å². The number of nitrogens with one attached hydrogen (secondary N) is 1. The maximum atomic E-state index is 13.4. The Kier molecular flexibility index (Phi) is 6.78. The van der Waals surface area contributed by atoms with Crippen LogP contribution in [0.2, 0.25) is 0 Å². The van der Waals surface area contributed by atoms with Crippen molar-refractivity contribution in [1.82, 2.24) is 4.90 Å². The molecule has 2 amide bonds. The first-order chi connectivity index (χ1) is 17.5. The van der Waals surface area contributed by atoms with Crippen molar-refractivity contribution >= 4 is 29.3 Å².